The maximum Gasteiger partial charge on any atom is 0.221 e. The minimum atomic E-state index is -3.45. The van der Waals surface area contributed by atoms with E-state index in [9.17, 15) is 13.2 Å². The molecule has 3 N–H and O–H groups in total. The summed E-state index contributed by atoms with van der Waals surface area (Å²) >= 11 is 0. The number of rotatable bonds is 8. The number of carbonyl (C=O) groups excluding carboxylic acids is 1. The molecule has 6 heteroatoms. The van der Waals surface area contributed by atoms with E-state index in [-0.39, 0.29) is 18.1 Å². The van der Waals surface area contributed by atoms with Crippen LogP contribution in [0.15, 0.2) is 23.1 Å². The van der Waals surface area contributed by atoms with Crippen molar-refractivity contribution in [3.8, 4) is 0 Å². The summed E-state index contributed by atoms with van der Waals surface area (Å²) < 4.78 is 25.1. The molecule has 0 fully saturated rings. The Morgan fingerprint density at radius 3 is 2.60 bits per heavy atom. The standard InChI is InChI=1S/C19H30N2O3S/c1-14(2)12-19(3,13-20)21-18(22)9-10-25(23,24)17-8-7-15-5-4-6-16(15)11-17/h7-8,11,14H,4-6,9-10,12-13,20H2,1-3H3,(H,21,22). The minimum absolute atomic E-state index is 0.0485. The van der Waals surface area contributed by atoms with Crippen LogP contribution >= 0.6 is 0 Å². The minimum Gasteiger partial charge on any atom is -0.350 e. The summed E-state index contributed by atoms with van der Waals surface area (Å²) in [5, 5.41) is 2.91. The van der Waals surface area contributed by atoms with E-state index in [1.807, 2.05) is 13.0 Å². The molecule has 1 aromatic rings. The summed E-state index contributed by atoms with van der Waals surface area (Å²) in [5.74, 6) is -0.0534. The molecule has 1 unspecified atom stereocenters. The van der Waals surface area contributed by atoms with E-state index >= 15 is 0 Å². The van der Waals surface area contributed by atoms with Gasteiger partial charge in [0.25, 0.3) is 0 Å². The lowest BCUT2D eigenvalue weighted by molar-refractivity contribution is -0.122. The smallest absolute Gasteiger partial charge is 0.221 e. The number of sulfone groups is 1. The van der Waals surface area contributed by atoms with Gasteiger partial charge in [-0.2, -0.15) is 0 Å². The topological polar surface area (TPSA) is 89.3 Å². The van der Waals surface area contributed by atoms with Crippen molar-refractivity contribution in [1.29, 1.82) is 0 Å². The first-order chi connectivity index (χ1) is 11.6. The number of amides is 1. The Labute approximate surface area is 151 Å². The Kier molecular flexibility index (Phi) is 6.27. The van der Waals surface area contributed by atoms with Gasteiger partial charge >= 0.3 is 0 Å². The van der Waals surface area contributed by atoms with Gasteiger partial charge in [0.15, 0.2) is 9.84 Å². The maximum atomic E-state index is 12.5. The van der Waals surface area contributed by atoms with Crippen LogP contribution in [0.1, 0.15) is 51.2 Å². The number of benzene rings is 1. The van der Waals surface area contributed by atoms with Gasteiger partial charge in [0.05, 0.1) is 10.6 Å². The van der Waals surface area contributed by atoms with Crippen LogP contribution in [-0.4, -0.2) is 32.2 Å². The second-order valence-electron chi connectivity index (χ2n) is 7.76. The van der Waals surface area contributed by atoms with Crippen molar-refractivity contribution in [1.82, 2.24) is 5.32 Å². The zero-order valence-electron chi connectivity index (χ0n) is 15.5. The molecule has 0 heterocycles. The molecule has 0 spiro atoms. The predicted molar refractivity (Wildman–Crippen MR) is 100 cm³/mol. The number of nitrogens with two attached hydrogens (primary N) is 1. The molecule has 25 heavy (non-hydrogen) atoms. The van der Waals surface area contributed by atoms with Crippen LogP contribution in [0.2, 0.25) is 0 Å². The number of aryl methyl sites for hydroxylation is 2. The van der Waals surface area contributed by atoms with Gasteiger partial charge in [-0.3, -0.25) is 4.79 Å². The molecule has 1 aromatic carbocycles. The molecule has 0 bridgehead atoms. The number of fused-ring (bicyclic) bond motifs is 1. The number of hydrogen-bond donors (Lipinski definition) is 2. The summed E-state index contributed by atoms with van der Waals surface area (Å²) in [5.41, 5.74) is 7.66. The van der Waals surface area contributed by atoms with Gasteiger partial charge in [-0.25, -0.2) is 8.42 Å². The Balaban J connectivity index is 1.98. The lowest BCUT2D eigenvalue weighted by Gasteiger charge is -2.31. The van der Waals surface area contributed by atoms with Crippen molar-refractivity contribution in [3.05, 3.63) is 29.3 Å². The summed E-state index contributed by atoms with van der Waals surface area (Å²) in [7, 11) is -3.45. The fourth-order valence-electron chi connectivity index (χ4n) is 3.57. The predicted octanol–water partition coefficient (Wildman–Crippen LogP) is 2.22. The zero-order chi connectivity index (χ0) is 18.7. The normalized spacial score (nSPS) is 16.5. The van der Waals surface area contributed by atoms with E-state index < -0.39 is 15.4 Å². The number of hydrogen-bond acceptors (Lipinski definition) is 4. The summed E-state index contributed by atoms with van der Waals surface area (Å²) in [6, 6.07) is 5.35. The highest BCUT2D eigenvalue weighted by Crippen LogP contribution is 2.25. The average Bonchev–Trinajstić information content (AvgIpc) is 3.00. The monoisotopic (exact) mass is 366 g/mol. The van der Waals surface area contributed by atoms with Crippen LogP contribution in [0, 0.1) is 5.92 Å². The van der Waals surface area contributed by atoms with Crippen molar-refractivity contribution >= 4 is 15.7 Å². The van der Waals surface area contributed by atoms with Crippen LogP contribution in [-0.2, 0) is 27.5 Å². The molecule has 0 saturated heterocycles. The van der Waals surface area contributed by atoms with Gasteiger partial charge in [0.2, 0.25) is 5.91 Å². The molecule has 1 amide bonds. The van der Waals surface area contributed by atoms with E-state index in [4.69, 9.17) is 5.73 Å². The fraction of sp³-hybridized carbons (Fsp3) is 0.632. The zero-order valence-corrected chi connectivity index (χ0v) is 16.3. The molecule has 140 valence electrons. The molecule has 2 rings (SSSR count). The van der Waals surface area contributed by atoms with Crippen LogP contribution in [0.5, 0.6) is 0 Å². The van der Waals surface area contributed by atoms with Crippen molar-refractivity contribution in [2.24, 2.45) is 11.7 Å². The first-order valence-corrected chi connectivity index (χ1v) is 10.7. The van der Waals surface area contributed by atoms with Gasteiger partial charge in [-0.15, -0.1) is 0 Å². The van der Waals surface area contributed by atoms with Crippen molar-refractivity contribution in [2.45, 2.75) is 63.3 Å². The van der Waals surface area contributed by atoms with Crippen LogP contribution in [0.4, 0.5) is 0 Å². The van der Waals surface area contributed by atoms with Crippen LogP contribution < -0.4 is 11.1 Å². The van der Waals surface area contributed by atoms with E-state index in [1.54, 1.807) is 12.1 Å². The van der Waals surface area contributed by atoms with Gasteiger partial charge in [-0.05, 0) is 61.8 Å². The van der Waals surface area contributed by atoms with Crippen molar-refractivity contribution < 1.29 is 13.2 Å². The number of carbonyl (C=O) groups is 1. The fourth-order valence-corrected chi connectivity index (χ4v) is 4.86. The third kappa shape index (κ3) is 5.28. The van der Waals surface area contributed by atoms with Crippen LogP contribution in [0.3, 0.4) is 0 Å². The molecule has 1 aliphatic rings. The highest BCUT2D eigenvalue weighted by Gasteiger charge is 2.27. The third-order valence-electron chi connectivity index (χ3n) is 4.78. The van der Waals surface area contributed by atoms with E-state index in [2.05, 4.69) is 19.2 Å². The third-order valence-corrected chi connectivity index (χ3v) is 6.49. The maximum absolute atomic E-state index is 12.5. The lowest BCUT2D eigenvalue weighted by atomic mass is 9.90. The highest BCUT2D eigenvalue weighted by molar-refractivity contribution is 7.91. The molecule has 0 saturated carbocycles. The molecule has 5 nitrogen and oxygen atoms in total. The molecular formula is C19H30N2O3S. The highest BCUT2D eigenvalue weighted by atomic mass is 32.2. The van der Waals surface area contributed by atoms with Gasteiger partial charge in [-0.1, -0.05) is 19.9 Å². The van der Waals surface area contributed by atoms with E-state index in [0.29, 0.717) is 17.4 Å². The average molecular weight is 367 g/mol. The summed E-state index contributed by atoms with van der Waals surface area (Å²) in [6.07, 6.45) is 3.74. The molecule has 0 aliphatic heterocycles. The second-order valence-corrected chi connectivity index (χ2v) is 9.87. The largest absolute Gasteiger partial charge is 0.350 e. The van der Waals surface area contributed by atoms with E-state index in [1.165, 1.54) is 5.56 Å². The quantitative estimate of drug-likeness (QED) is 0.738. The molecule has 0 aromatic heterocycles. The molecular weight excluding hydrogens is 336 g/mol. The molecule has 0 radical (unpaired) electrons. The SMILES string of the molecule is CC(C)CC(C)(CN)NC(=O)CCS(=O)(=O)c1ccc2c(c1)CCC2. The van der Waals surface area contributed by atoms with Gasteiger partial charge in [0, 0.05) is 18.5 Å². The first kappa shape index (κ1) is 19.9. The van der Waals surface area contributed by atoms with Gasteiger partial charge < -0.3 is 11.1 Å². The van der Waals surface area contributed by atoms with Gasteiger partial charge in [0.1, 0.15) is 0 Å². The Hall–Kier alpha value is -1.40. The number of nitrogens with one attached hydrogen (secondary N) is 1. The van der Waals surface area contributed by atoms with Crippen molar-refractivity contribution in [2.75, 3.05) is 12.3 Å². The Morgan fingerprint density at radius 1 is 1.28 bits per heavy atom. The second kappa shape index (κ2) is 7.87. The first-order valence-electron chi connectivity index (χ1n) is 9.01. The molecule has 1 aliphatic carbocycles. The Bertz CT molecular complexity index is 728. The van der Waals surface area contributed by atoms with E-state index in [0.717, 1.165) is 31.2 Å². The molecule has 1 atom stereocenters. The Morgan fingerprint density at radius 2 is 1.96 bits per heavy atom. The van der Waals surface area contributed by atoms with Crippen LogP contribution in [0.25, 0.3) is 0 Å². The summed E-state index contributed by atoms with van der Waals surface area (Å²) in [6.45, 7) is 6.37. The lowest BCUT2D eigenvalue weighted by Crippen LogP contribution is -2.52. The summed E-state index contributed by atoms with van der Waals surface area (Å²) in [4.78, 5) is 12.6. The van der Waals surface area contributed by atoms with Crippen molar-refractivity contribution in [3.63, 3.8) is 0 Å².